The average molecular weight is 301 g/mol. The molecule has 3 N–H and O–H groups in total. The Hall–Kier alpha value is -2.05. The molecule has 0 aliphatic carbocycles. The summed E-state index contributed by atoms with van der Waals surface area (Å²) in [5, 5.41) is 9.48. The predicted octanol–water partition coefficient (Wildman–Crippen LogP) is 1.92. The SMILES string of the molecule is [NH3+]CCSc1nnc(-c2ccco2)n1Cc1ccccc1. The molecule has 0 spiro atoms. The van der Waals surface area contributed by atoms with Crippen LogP contribution in [0, 0.1) is 0 Å². The molecule has 3 rings (SSSR count). The van der Waals surface area contributed by atoms with Crippen molar-refractivity contribution in [3.8, 4) is 11.6 Å². The molecule has 3 aromatic rings. The number of hydrogen-bond acceptors (Lipinski definition) is 4. The van der Waals surface area contributed by atoms with Crippen LogP contribution in [0.5, 0.6) is 0 Å². The molecule has 2 aromatic heterocycles. The van der Waals surface area contributed by atoms with E-state index in [-0.39, 0.29) is 0 Å². The van der Waals surface area contributed by atoms with Crippen LogP contribution in [0.25, 0.3) is 11.6 Å². The summed E-state index contributed by atoms with van der Waals surface area (Å²) in [6, 6.07) is 14.1. The number of thioether (sulfide) groups is 1. The van der Waals surface area contributed by atoms with Crippen LogP contribution in [0.2, 0.25) is 0 Å². The Kier molecular flexibility index (Phi) is 4.37. The predicted molar refractivity (Wildman–Crippen MR) is 81.7 cm³/mol. The van der Waals surface area contributed by atoms with Crippen molar-refractivity contribution in [2.75, 3.05) is 12.3 Å². The summed E-state index contributed by atoms with van der Waals surface area (Å²) in [5.41, 5.74) is 5.08. The molecular formula is C15H17N4OS+. The van der Waals surface area contributed by atoms with Gasteiger partial charge in [-0.15, -0.1) is 10.2 Å². The maximum atomic E-state index is 5.47. The first-order valence-electron chi connectivity index (χ1n) is 6.81. The van der Waals surface area contributed by atoms with E-state index in [1.807, 2.05) is 30.3 Å². The van der Waals surface area contributed by atoms with Gasteiger partial charge in [-0.25, -0.2) is 0 Å². The molecule has 0 saturated heterocycles. The molecule has 0 saturated carbocycles. The van der Waals surface area contributed by atoms with Crippen LogP contribution in [0.15, 0.2) is 58.3 Å². The van der Waals surface area contributed by atoms with E-state index >= 15 is 0 Å². The fourth-order valence-corrected chi connectivity index (χ4v) is 2.79. The van der Waals surface area contributed by atoms with Crippen molar-refractivity contribution >= 4 is 11.8 Å². The monoisotopic (exact) mass is 301 g/mol. The molecule has 2 heterocycles. The van der Waals surface area contributed by atoms with E-state index in [4.69, 9.17) is 4.42 Å². The molecule has 0 atom stereocenters. The third-order valence-electron chi connectivity index (χ3n) is 3.02. The number of quaternary nitrogens is 1. The summed E-state index contributed by atoms with van der Waals surface area (Å²) in [5.74, 6) is 2.42. The Bertz CT molecular complexity index is 679. The molecule has 0 bridgehead atoms. The molecular weight excluding hydrogens is 284 g/mol. The average Bonchev–Trinajstić information content (AvgIpc) is 3.16. The number of furan rings is 1. The van der Waals surface area contributed by atoms with Gasteiger partial charge in [-0.2, -0.15) is 0 Å². The second-order valence-corrected chi connectivity index (χ2v) is 5.62. The Labute approximate surface area is 127 Å². The summed E-state index contributed by atoms with van der Waals surface area (Å²) in [6.45, 7) is 1.59. The van der Waals surface area contributed by atoms with Crippen molar-refractivity contribution in [2.45, 2.75) is 11.7 Å². The standard InChI is InChI=1S/C15H16N4OS/c16-8-10-21-15-18-17-14(13-7-4-9-20-13)19(15)11-12-5-2-1-3-6-12/h1-7,9H,8,10-11,16H2/p+1. The van der Waals surface area contributed by atoms with E-state index < -0.39 is 0 Å². The lowest BCUT2D eigenvalue weighted by Crippen LogP contribution is -2.51. The number of nitrogens with zero attached hydrogens (tertiary/aromatic N) is 3. The van der Waals surface area contributed by atoms with Crippen LogP contribution in [-0.4, -0.2) is 27.1 Å². The maximum absolute atomic E-state index is 5.47. The third-order valence-corrected chi connectivity index (χ3v) is 4.07. The van der Waals surface area contributed by atoms with Crippen molar-refractivity contribution in [3.63, 3.8) is 0 Å². The molecule has 1 aromatic carbocycles. The van der Waals surface area contributed by atoms with E-state index in [0.717, 1.165) is 35.6 Å². The molecule has 0 radical (unpaired) electrons. The molecule has 5 nitrogen and oxygen atoms in total. The van der Waals surface area contributed by atoms with Gasteiger partial charge >= 0.3 is 0 Å². The van der Waals surface area contributed by atoms with Gasteiger partial charge in [0.05, 0.1) is 25.1 Å². The summed E-state index contributed by atoms with van der Waals surface area (Å²) >= 11 is 1.67. The van der Waals surface area contributed by atoms with Gasteiger partial charge < -0.3 is 10.2 Å². The Morgan fingerprint density at radius 2 is 1.95 bits per heavy atom. The van der Waals surface area contributed by atoms with Crippen molar-refractivity contribution < 1.29 is 10.2 Å². The Morgan fingerprint density at radius 1 is 1.10 bits per heavy atom. The van der Waals surface area contributed by atoms with Crippen molar-refractivity contribution in [1.82, 2.24) is 14.8 Å². The molecule has 0 aliphatic heterocycles. The van der Waals surface area contributed by atoms with Gasteiger partial charge in [-0.05, 0) is 17.7 Å². The summed E-state index contributed by atoms with van der Waals surface area (Å²) in [7, 11) is 0. The van der Waals surface area contributed by atoms with E-state index in [1.54, 1.807) is 18.0 Å². The maximum Gasteiger partial charge on any atom is 0.200 e. The number of benzene rings is 1. The van der Waals surface area contributed by atoms with Crippen molar-refractivity contribution in [3.05, 3.63) is 54.3 Å². The van der Waals surface area contributed by atoms with Crippen LogP contribution in [0.3, 0.4) is 0 Å². The topological polar surface area (TPSA) is 71.5 Å². The lowest BCUT2D eigenvalue weighted by molar-refractivity contribution is -0.360. The molecule has 6 heteroatoms. The largest absolute Gasteiger partial charge is 0.461 e. The molecule has 0 fully saturated rings. The van der Waals surface area contributed by atoms with Gasteiger partial charge in [0.15, 0.2) is 10.9 Å². The second kappa shape index (κ2) is 6.60. The molecule has 0 amide bonds. The fraction of sp³-hybridized carbons (Fsp3) is 0.200. The highest BCUT2D eigenvalue weighted by atomic mass is 32.2. The van der Waals surface area contributed by atoms with E-state index in [2.05, 4.69) is 32.6 Å². The zero-order valence-electron chi connectivity index (χ0n) is 11.6. The van der Waals surface area contributed by atoms with Crippen LogP contribution >= 0.6 is 11.8 Å². The van der Waals surface area contributed by atoms with Gasteiger partial charge in [-0.3, -0.25) is 4.57 Å². The van der Waals surface area contributed by atoms with Crippen LogP contribution in [-0.2, 0) is 6.54 Å². The first-order valence-corrected chi connectivity index (χ1v) is 7.80. The first-order chi connectivity index (χ1) is 10.4. The number of hydrogen-bond donors (Lipinski definition) is 1. The second-order valence-electron chi connectivity index (χ2n) is 4.56. The highest BCUT2D eigenvalue weighted by molar-refractivity contribution is 7.99. The smallest absolute Gasteiger partial charge is 0.200 e. The van der Waals surface area contributed by atoms with Gasteiger partial charge in [0, 0.05) is 0 Å². The molecule has 0 aliphatic rings. The summed E-state index contributed by atoms with van der Waals surface area (Å²) < 4.78 is 7.56. The third kappa shape index (κ3) is 3.17. The zero-order chi connectivity index (χ0) is 14.5. The van der Waals surface area contributed by atoms with Crippen molar-refractivity contribution in [1.29, 1.82) is 0 Å². The lowest BCUT2D eigenvalue weighted by Gasteiger charge is -2.08. The van der Waals surface area contributed by atoms with Gasteiger partial charge in [0.25, 0.3) is 0 Å². The highest BCUT2D eigenvalue weighted by Gasteiger charge is 2.16. The minimum absolute atomic E-state index is 0.726. The minimum atomic E-state index is 0.726. The first kappa shape index (κ1) is 13.9. The normalized spacial score (nSPS) is 10.9. The highest BCUT2D eigenvalue weighted by Crippen LogP contribution is 2.25. The van der Waals surface area contributed by atoms with Gasteiger partial charge in [0.1, 0.15) is 0 Å². The Morgan fingerprint density at radius 3 is 2.67 bits per heavy atom. The number of aromatic nitrogens is 3. The van der Waals surface area contributed by atoms with Crippen molar-refractivity contribution in [2.24, 2.45) is 0 Å². The zero-order valence-corrected chi connectivity index (χ0v) is 12.4. The van der Waals surface area contributed by atoms with E-state index in [0.29, 0.717) is 0 Å². The van der Waals surface area contributed by atoms with Gasteiger partial charge in [0.2, 0.25) is 5.82 Å². The quantitative estimate of drug-likeness (QED) is 0.706. The summed E-state index contributed by atoms with van der Waals surface area (Å²) in [6.07, 6.45) is 1.65. The van der Waals surface area contributed by atoms with Crippen LogP contribution in [0.4, 0.5) is 0 Å². The molecule has 108 valence electrons. The number of rotatable bonds is 6. The lowest BCUT2D eigenvalue weighted by atomic mass is 10.2. The molecule has 0 unspecified atom stereocenters. The summed E-state index contributed by atoms with van der Waals surface area (Å²) in [4.78, 5) is 0. The van der Waals surface area contributed by atoms with Crippen LogP contribution < -0.4 is 5.73 Å². The minimum Gasteiger partial charge on any atom is -0.461 e. The Balaban J connectivity index is 1.96. The van der Waals surface area contributed by atoms with Gasteiger partial charge in [-0.1, -0.05) is 42.1 Å². The molecule has 21 heavy (non-hydrogen) atoms. The fourth-order valence-electron chi connectivity index (χ4n) is 2.06. The van der Waals surface area contributed by atoms with E-state index in [9.17, 15) is 0 Å². The van der Waals surface area contributed by atoms with Crippen LogP contribution in [0.1, 0.15) is 5.56 Å². The van der Waals surface area contributed by atoms with E-state index in [1.165, 1.54) is 5.56 Å².